The van der Waals surface area contributed by atoms with Gasteiger partial charge in [-0.15, -0.1) is 0 Å². The zero-order chi connectivity index (χ0) is 28.3. The molecule has 1 aliphatic heterocycles. The molecule has 5 aromatic rings. The number of rotatable bonds is 7. The summed E-state index contributed by atoms with van der Waals surface area (Å²) in [4.78, 5) is 29.2. The molecular formula is C31H22IN3O6. The van der Waals surface area contributed by atoms with E-state index in [2.05, 4.69) is 38.1 Å². The number of amides is 1. The van der Waals surface area contributed by atoms with E-state index in [1.807, 2.05) is 48.5 Å². The number of methoxy groups -OCH3 is 1. The summed E-state index contributed by atoms with van der Waals surface area (Å²) in [5.41, 5.74) is 6.54. The van der Waals surface area contributed by atoms with Crippen molar-refractivity contribution in [2.45, 2.75) is 0 Å². The average Bonchev–Trinajstić information content (AvgIpc) is 3.62. The quantitative estimate of drug-likeness (QED) is 0.0713. The molecular weight excluding hydrogens is 637 g/mol. The number of fused-ring (bicyclic) bond motifs is 2. The van der Waals surface area contributed by atoms with Crippen molar-refractivity contribution in [3.05, 3.63) is 105 Å². The highest BCUT2D eigenvalue weighted by atomic mass is 127. The monoisotopic (exact) mass is 659 g/mol. The Morgan fingerprint density at radius 2 is 1.78 bits per heavy atom. The fourth-order valence-electron chi connectivity index (χ4n) is 4.49. The second-order valence-corrected chi connectivity index (χ2v) is 10.2. The molecule has 9 nitrogen and oxygen atoms in total. The summed E-state index contributed by atoms with van der Waals surface area (Å²) in [6, 6.07) is 25.5. The molecule has 0 atom stereocenters. The number of ether oxygens (including phenoxy) is 4. The molecule has 0 spiro atoms. The van der Waals surface area contributed by atoms with Crippen molar-refractivity contribution in [2.24, 2.45) is 5.10 Å². The standard InChI is InChI=1S/C31H22IN3O6/c1-38-26-13-18(7-11-25(26)41-31(37)20-8-12-24-27(14-20)40-17-39-24)16-33-35-30(36)29-28(19-5-3-2-4-6-19)22-15-21(32)9-10-23(22)34-29/h2-16,34H,17H2,1H3,(H,35,36). The van der Waals surface area contributed by atoms with Crippen LogP contribution in [0.4, 0.5) is 0 Å². The zero-order valence-corrected chi connectivity index (χ0v) is 23.8. The van der Waals surface area contributed by atoms with Gasteiger partial charge in [0, 0.05) is 20.0 Å². The smallest absolute Gasteiger partial charge is 0.343 e. The molecule has 41 heavy (non-hydrogen) atoms. The van der Waals surface area contributed by atoms with Gasteiger partial charge in [-0.3, -0.25) is 4.79 Å². The number of carbonyl (C=O) groups excluding carboxylic acids is 2. The highest BCUT2D eigenvalue weighted by Gasteiger charge is 2.20. The van der Waals surface area contributed by atoms with Gasteiger partial charge in [0.05, 0.1) is 18.9 Å². The third-order valence-corrected chi connectivity index (χ3v) is 7.10. The molecule has 4 aromatic carbocycles. The number of aromatic amines is 1. The molecule has 0 unspecified atom stereocenters. The van der Waals surface area contributed by atoms with Gasteiger partial charge in [-0.25, -0.2) is 10.2 Å². The van der Waals surface area contributed by atoms with Gasteiger partial charge in [0.1, 0.15) is 5.69 Å². The minimum absolute atomic E-state index is 0.112. The van der Waals surface area contributed by atoms with Gasteiger partial charge < -0.3 is 23.9 Å². The van der Waals surface area contributed by atoms with E-state index in [-0.39, 0.29) is 18.4 Å². The predicted molar refractivity (Wildman–Crippen MR) is 162 cm³/mol. The third kappa shape index (κ3) is 5.46. The summed E-state index contributed by atoms with van der Waals surface area (Å²) in [6.07, 6.45) is 1.48. The maximum absolute atomic E-state index is 13.2. The summed E-state index contributed by atoms with van der Waals surface area (Å²) in [6.45, 7) is 0.112. The number of nitrogens with zero attached hydrogens (tertiary/aromatic N) is 1. The van der Waals surface area contributed by atoms with Crippen molar-refractivity contribution in [3.8, 4) is 34.1 Å². The number of benzene rings is 4. The van der Waals surface area contributed by atoms with E-state index in [0.717, 1.165) is 25.6 Å². The van der Waals surface area contributed by atoms with E-state index in [1.165, 1.54) is 13.3 Å². The lowest BCUT2D eigenvalue weighted by Gasteiger charge is -2.10. The summed E-state index contributed by atoms with van der Waals surface area (Å²) in [7, 11) is 1.47. The van der Waals surface area contributed by atoms with Gasteiger partial charge in [0.2, 0.25) is 6.79 Å². The Balaban J connectivity index is 1.19. The van der Waals surface area contributed by atoms with E-state index >= 15 is 0 Å². The van der Waals surface area contributed by atoms with Crippen molar-refractivity contribution >= 4 is 51.6 Å². The van der Waals surface area contributed by atoms with Crippen molar-refractivity contribution < 1.29 is 28.5 Å². The second-order valence-electron chi connectivity index (χ2n) is 9.00. The van der Waals surface area contributed by atoms with E-state index in [1.54, 1.807) is 36.4 Å². The lowest BCUT2D eigenvalue weighted by molar-refractivity contribution is 0.0729. The molecule has 1 amide bonds. The number of halogens is 1. The average molecular weight is 659 g/mol. The molecule has 0 bridgehead atoms. The summed E-state index contributed by atoms with van der Waals surface area (Å²) >= 11 is 2.26. The second kappa shape index (κ2) is 11.3. The highest BCUT2D eigenvalue weighted by molar-refractivity contribution is 14.1. The Kier molecular flexibility index (Phi) is 7.30. The van der Waals surface area contributed by atoms with Crippen molar-refractivity contribution in [3.63, 3.8) is 0 Å². The number of hydrogen-bond acceptors (Lipinski definition) is 7. The Morgan fingerprint density at radius 1 is 0.951 bits per heavy atom. The summed E-state index contributed by atoms with van der Waals surface area (Å²) < 4.78 is 22.7. The number of esters is 1. The number of aromatic nitrogens is 1. The molecule has 0 radical (unpaired) electrons. The number of hydrazone groups is 1. The topological polar surface area (TPSA) is 111 Å². The van der Waals surface area contributed by atoms with Gasteiger partial charge in [-0.1, -0.05) is 30.3 Å². The van der Waals surface area contributed by atoms with Crippen LogP contribution in [0.1, 0.15) is 26.4 Å². The molecule has 2 heterocycles. The lowest BCUT2D eigenvalue weighted by atomic mass is 10.0. The van der Waals surface area contributed by atoms with Gasteiger partial charge in [-0.2, -0.15) is 5.10 Å². The van der Waals surface area contributed by atoms with E-state index in [0.29, 0.717) is 34.1 Å². The van der Waals surface area contributed by atoms with Gasteiger partial charge in [0.15, 0.2) is 23.0 Å². The fraction of sp³-hybridized carbons (Fsp3) is 0.0645. The SMILES string of the molecule is COc1cc(C=NNC(=O)c2[nH]c3ccc(I)cc3c2-c2ccccc2)ccc1OC(=O)c1ccc2c(c1)OCO2. The highest BCUT2D eigenvalue weighted by Crippen LogP contribution is 2.35. The van der Waals surface area contributed by atoms with Crippen LogP contribution in [0.5, 0.6) is 23.0 Å². The van der Waals surface area contributed by atoms with Crippen LogP contribution in [0.2, 0.25) is 0 Å². The minimum atomic E-state index is -0.572. The molecule has 0 saturated carbocycles. The molecule has 2 N–H and O–H groups in total. The predicted octanol–water partition coefficient (Wildman–Crippen LogP) is 6.16. The molecule has 10 heteroatoms. The molecule has 204 valence electrons. The molecule has 1 aliphatic rings. The van der Waals surface area contributed by atoms with E-state index < -0.39 is 5.97 Å². The summed E-state index contributed by atoms with van der Waals surface area (Å²) in [5.74, 6) is 0.663. The first-order valence-electron chi connectivity index (χ1n) is 12.5. The number of carbonyl (C=O) groups is 2. The Labute approximate surface area is 248 Å². The Morgan fingerprint density at radius 3 is 2.61 bits per heavy atom. The first-order chi connectivity index (χ1) is 20.0. The number of hydrogen-bond donors (Lipinski definition) is 2. The van der Waals surface area contributed by atoms with E-state index in [4.69, 9.17) is 18.9 Å². The van der Waals surface area contributed by atoms with Crippen LogP contribution in [0.25, 0.3) is 22.0 Å². The number of H-pyrrole nitrogens is 1. The normalized spacial score (nSPS) is 12.0. The van der Waals surface area contributed by atoms with E-state index in [9.17, 15) is 9.59 Å². The van der Waals surface area contributed by atoms with Crippen LogP contribution in [-0.2, 0) is 0 Å². The van der Waals surface area contributed by atoms with Gasteiger partial charge >= 0.3 is 5.97 Å². The third-order valence-electron chi connectivity index (χ3n) is 6.43. The maximum atomic E-state index is 13.2. The molecule has 6 rings (SSSR count). The van der Waals surface area contributed by atoms with Crippen LogP contribution in [0.3, 0.4) is 0 Å². The van der Waals surface area contributed by atoms with Gasteiger partial charge in [0.25, 0.3) is 5.91 Å². The largest absolute Gasteiger partial charge is 0.493 e. The minimum Gasteiger partial charge on any atom is -0.493 e. The first-order valence-corrected chi connectivity index (χ1v) is 13.6. The Bertz CT molecular complexity index is 1820. The molecule has 0 aliphatic carbocycles. The van der Waals surface area contributed by atoms with Crippen LogP contribution >= 0.6 is 22.6 Å². The number of nitrogens with one attached hydrogen (secondary N) is 2. The molecule has 1 aromatic heterocycles. The lowest BCUT2D eigenvalue weighted by Crippen LogP contribution is -2.18. The van der Waals surface area contributed by atoms with Crippen molar-refractivity contribution in [1.82, 2.24) is 10.4 Å². The van der Waals surface area contributed by atoms with Crippen molar-refractivity contribution in [1.29, 1.82) is 0 Å². The molecule has 0 saturated heterocycles. The molecule has 0 fully saturated rings. The van der Waals surface area contributed by atoms with Crippen molar-refractivity contribution in [2.75, 3.05) is 13.9 Å². The van der Waals surface area contributed by atoms with Crippen LogP contribution in [0, 0.1) is 3.57 Å². The van der Waals surface area contributed by atoms with Crippen LogP contribution in [0.15, 0.2) is 90.0 Å². The van der Waals surface area contributed by atoms with Crippen LogP contribution < -0.4 is 24.4 Å². The fourth-order valence-corrected chi connectivity index (χ4v) is 4.98. The maximum Gasteiger partial charge on any atom is 0.343 e. The Hall–Kier alpha value is -4.84. The first kappa shape index (κ1) is 26.4. The summed E-state index contributed by atoms with van der Waals surface area (Å²) in [5, 5.41) is 5.10. The zero-order valence-electron chi connectivity index (χ0n) is 21.6. The van der Waals surface area contributed by atoms with Gasteiger partial charge in [-0.05, 0) is 88.3 Å². The van der Waals surface area contributed by atoms with Crippen LogP contribution in [-0.4, -0.2) is 37.0 Å².